The molecule has 0 fully saturated rings. The molecule has 0 spiro atoms. The molecule has 0 aliphatic carbocycles. The van der Waals surface area contributed by atoms with Crippen molar-refractivity contribution in [1.29, 1.82) is 0 Å². The molecule has 0 saturated heterocycles. The van der Waals surface area contributed by atoms with E-state index in [9.17, 15) is 0 Å². The zero-order valence-electron chi connectivity index (χ0n) is 8.93. The summed E-state index contributed by atoms with van der Waals surface area (Å²) in [6.07, 6.45) is 6.73. The molecule has 2 heterocycles. The van der Waals surface area contributed by atoms with E-state index >= 15 is 0 Å². The molecular weight excluding hydrogens is 198 g/mol. The van der Waals surface area contributed by atoms with Crippen LogP contribution in [0.15, 0.2) is 48.9 Å². The SMILES string of the molecule is c1ccc2c(c1)ccn2CCc1ncc[nH]1. The minimum absolute atomic E-state index is 0.936. The summed E-state index contributed by atoms with van der Waals surface area (Å²) in [6, 6.07) is 10.6. The van der Waals surface area contributed by atoms with Crippen molar-refractivity contribution in [2.75, 3.05) is 0 Å². The van der Waals surface area contributed by atoms with Crippen LogP contribution in [0.2, 0.25) is 0 Å². The quantitative estimate of drug-likeness (QED) is 0.709. The van der Waals surface area contributed by atoms with Gasteiger partial charge in [0.2, 0.25) is 0 Å². The smallest absolute Gasteiger partial charge is 0.107 e. The Kier molecular flexibility index (Phi) is 2.22. The number of hydrogen-bond acceptors (Lipinski definition) is 1. The van der Waals surface area contributed by atoms with Crippen molar-refractivity contribution in [2.24, 2.45) is 0 Å². The molecule has 2 aromatic heterocycles. The Morgan fingerprint density at radius 3 is 3.00 bits per heavy atom. The van der Waals surface area contributed by atoms with Crippen molar-refractivity contribution in [3.63, 3.8) is 0 Å². The van der Waals surface area contributed by atoms with Crippen LogP contribution < -0.4 is 0 Å². The predicted octanol–water partition coefficient (Wildman–Crippen LogP) is 2.61. The minimum atomic E-state index is 0.936. The zero-order chi connectivity index (χ0) is 10.8. The van der Waals surface area contributed by atoms with Gasteiger partial charge < -0.3 is 9.55 Å². The molecule has 0 bridgehead atoms. The monoisotopic (exact) mass is 211 g/mol. The normalized spacial score (nSPS) is 11.0. The highest BCUT2D eigenvalue weighted by atomic mass is 15.0. The van der Waals surface area contributed by atoms with Crippen LogP contribution >= 0.6 is 0 Å². The Hall–Kier alpha value is -2.03. The molecule has 3 aromatic rings. The van der Waals surface area contributed by atoms with Gasteiger partial charge in [0, 0.05) is 37.1 Å². The standard InChI is InChI=1S/C13H13N3/c1-2-4-12-11(3-1)5-9-16(12)10-6-13-14-7-8-15-13/h1-5,7-9H,6,10H2,(H,14,15). The molecule has 3 nitrogen and oxygen atoms in total. The Labute approximate surface area is 93.7 Å². The number of aromatic amines is 1. The second kappa shape index (κ2) is 3.85. The van der Waals surface area contributed by atoms with Crippen LogP contribution in [0.5, 0.6) is 0 Å². The molecule has 3 rings (SSSR count). The first-order chi connectivity index (χ1) is 7.93. The van der Waals surface area contributed by atoms with Gasteiger partial charge in [-0.25, -0.2) is 4.98 Å². The minimum Gasteiger partial charge on any atom is -0.349 e. The Balaban J connectivity index is 1.84. The average Bonchev–Trinajstić information content (AvgIpc) is 2.96. The summed E-state index contributed by atoms with van der Waals surface area (Å²) in [5.74, 6) is 1.04. The van der Waals surface area contributed by atoms with Gasteiger partial charge in [0.05, 0.1) is 0 Å². The number of H-pyrrole nitrogens is 1. The van der Waals surface area contributed by atoms with Gasteiger partial charge in [0.1, 0.15) is 5.82 Å². The topological polar surface area (TPSA) is 33.6 Å². The molecule has 16 heavy (non-hydrogen) atoms. The zero-order valence-corrected chi connectivity index (χ0v) is 8.93. The van der Waals surface area contributed by atoms with Crippen molar-refractivity contribution in [3.05, 3.63) is 54.7 Å². The summed E-state index contributed by atoms with van der Waals surface area (Å²) in [7, 11) is 0. The summed E-state index contributed by atoms with van der Waals surface area (Å²) in [4.78, 5) is 7.35. The fourth-order valence-electron chi connectivity index (χ4n) is 2.00. The highest BCUT2D eigenvalue weighted by molar-refractivity contribution is 5.79. The first-order valence-electron chi connectivity index (χ1n) is 5.45. The molecule has 1 aromatic carbocycles. The molecular formula is C13H13N3. The molecule has 0 aliphatic heterocycles. The van der Waals surface area contributed by atoms with E-state index in [0.29, 0.717) is 0 Å². The van der Waals surface area contributed by atoms with Gasteiger partial charge in [-0.3, -0.25) is 0 Å². The summed E-state index contributed by atoms with van der Waals surface area (Å²) < 4.78 is 2.26. The third kappa shape index (κ3) is 1.60. The maximum absolute atomic E-state index is 4.23. The van der Waals surface area contributed by atoms with E-state index in [2.05, 4.69) is 51.1 Å². The number of aromatic nitrogens is 3. The Morgan fingerprint density at radius 2 is 2.12 bits per heavy atom. The van der Waals surface area contributed by atoms with E-state index < -0.39 is 0 Å². The third-order valence-electron chi connectivity index (χ3n) is 2.82. The number of rotatable bonds is 3. The van der Waals surface area contributed by atoms with Gasteiger partial charge in [-0.15, -0.1) is 0 Å². The molecule has 0 saturated carbocycles. The summed E-state index contributed by atoms with van der Waals surface area (Å²) >= 11 is 0. The number of imidazole rings is 1. The van der Waals surface area contributed by atoms with E-state index in [-0.39, 0.29) is 0 Å². The lowest BCUT2D eigenvalue weighted by Gasteiger charge is -2.03. The van der Waals surface area contributed by atoms with Crippen molar-refractivity contribution >= 4 is 10.9 Å². The number of para-hydroxylation sites is 1. The number of nitrogens with one attached hydrogen (secondary N) is 1. The number of benzene rings is 1. The van der Waals surface area contributed by atoms with Crippen LogP contribution in [0.3, 0.4) is 0 Å². The molecule has 1 N–H and O–H groups in total. The van der Waals surface area contributed by atoms with Gasteiger partial charge in [-0.1, -0.05) is 18.2 Å². The number of fused-ring (bicyclic) bond motifs is 1. The van der Waals surface area contributed by atoms with Crippen LogP contribution in [0, 0.1) is 0 Å². The van der Waals surface area contributed by atoms with E-state index in [1.54, 1.807) is 6.20 Å². The molecule has 0 radical (unpaired) electrons. The molecule has 80 valence electrons. The van der Waals surface area contributed by atoms with Gasteiger partial charge in [-0.2, -0.15) is 0 Å². The van der Waals surface area contributed by atoms with E-state index in [1.165, 1.54) is 10.9 Å². The second-order valence-electron chi connectivity index (χ2n) is 3.85. The van der Waals surface area contributed by atoms with Crippen LogP contribution in [-0.2, 0) is 13.0 Å². The van der Waals surface area contributed by atoms with Crippen LogP contribution in [0.1, 0.15) is 5.82 Å². The summed E-state index contributed by atoms with van der Waals surface area (Å²) in [6.45, 7) is 0.959. The Morgan fingerprint density at radius 1 is 1.19 bits per heavy atom. The second-order valence-corrected chi connectivity index (χ2v) is 3.85. The molecule has 0 amide bonds. The lowest BCUT2D eigenvalue weighted by atomic mass is 10.2. The van der Waals surface area contributed by atoms with Crippen molar-refractivity contribution < 1.29 is 0 Å². The van der Waals surface area contributed by atoms with Gasteiger partial charge in [0.15, 0.2) is 0 Å². The van der Waals surface area contributed by atoms with Crippen molar-refractivity contribution in [3.8, 4) is 0 Å². The number of hydrogen-bond donors (Lipinski definition) is 1. The lowest BCUT2D eigenvalue weighted by molar-refractivity contribution is 0.700. The van der Waals surface area contributed by atoms with Gasteiger partial charge >= 0.3 is 0 Å². The molecule has 0 aliphatic rings. The maximum Gasteiger partial charge on any atom is 0.107 e. The summed E-state index contributed by atoms with van der Waals surface area (Å²) in [5, 5.41) is 1.29. The van der Waals surface area contributed by atoms with Gasteiger partial charge in [-0.05, 0) is 17.5 Å². The highest BCUT2D eigenvalue weighted by Crippen LogP contribution is 2.15. The third-order valence-corrected chi connectivity index (χ3v) is 2.82. The fraction of sp³-hybridized carbons (Fsp3) is 0.154. The first-order valence-corrected chi connectivity index (χ1v) is 5.45. The summed E-state index contributed by atoms with van der Waals surface area (Å²) in [5.41, 5.74) is 1.29. The van der Waals surface area contributed by atoms with Gasteiger partial charge in [0.25, 0.3) is 0 Å². The van der Waals surface area contributed by atoms with Crippen LogP contribution in [0.25, 0.3) is 10.9 Å². The highest BCUT2D eigenvalue weighted by Gasteiger charge is 2.00. The number of aryl methyl sites for hydroxylation is 2. The number of nitrogens with zero attached hydrogens (tertiary/aromatic N) is 2. The van der Waals surface area contributed by atoms with E-state index in [4.69, 9.17) is 0 Å². The maximum atomic E-state index is 4.23. The fourth-order valence-corrected chi connectivity index (χ4v) is 2.00. The largest absolute Gasteiger partial charge is 0.349 e. The molecule has 0 unspecified atom stereocenters. The lowest BCUT2D eigenvalue weighted by Crippen LogP contribution is -2.00. The van der Waals surface area contributed by atoms with E-state index in [1.807, 2.05) is 6.20 Å². The Bertz CT molecular complexity index is 578. The molecule has 0 atom stereocenters. The predicted molar refractivity (Wildman–Crippen MR) is 64.2 cm³/mol. The van der Waals surface area contributed by atoms with E-state index in [0.717, 1.165) is 18.8 Å². The van der Waals surface area contributed by atoms with Crippen LogP contribution in [-0.4, -0.2) is 14.5 Å². The molecule has 3 heteroatoms. The van der Waals surface area contributed by atoms with Crippen LogP contribution in [0.4, 0.5) is 0 Å². The van der Waals surface area contributed by atoms with Crippen molar-refractivity contribution in [1.82, 2.24) is 14.5 Å². The average molecular weight is 211 g/mol. The van der Waals surface area contributed by atoms with Crippen molar-refractivity contribution in [2.45, 2.75) is 13.0 Å². The first kappa shape index (κ1) is 9.21.